The molecule has 0 spiro atoms. The van der Waals surface area contributed by atoms with Crippen molar-refractivity contribution in [3.63, 3.8) is 0 Å². The van der Waals surface area contributed by atoms with Crippen molar-refractivity contribution in [1.82, 2.24) is 4.90 Å². The number of amides is 1. The molecule has 0 atom stereocenters. The number of hydrogen-bond acceptors (Lipinski definition) is 4. The van der Waals surface area contributed by atoms with Gasteiger partial charge in [-0.2, -0.15) is 0 Å². The van der Waals surface area contributed by atoms with E-state index in [0.717, 1.165) is 25.7 Å². The first kappa shape index (κ1) is 16.9. The third-order valence-corrected chi connectivity index (χ3v) is 5.18. The number of carbonyl (C=O) groups excluding carboxylic acids is 2. The van der Waals surface area contributed by atoms with Crippen LogP contribution in [-0.4, -0.2) is 35.5 Å². The van der Waals surface area contributed by atoms with Crippen molar-refractivity contribution in [1.29, 1.82) is 0 Å². The van der Waals surface area contributed by atoms with E-state index in [-0.39, 0.29) is 23.4 Å². The first-order valence-corrected chi connectivity index (χ1v) is 8.32. The monoisotopic (exact) mass is 335 g/mol. The molecule has 0 saturated heterocycles. The van der Waals surface area contributed by atoms with Crippen LogP contribution in [0.15, 0.2) is 12.1 Å². The lowest BCUT2D eigenvalue weighted by atomic mass is 9.82. The summed E-state index contributed by atoms with van der Waals surface area (Å²) in [6.45, 7) is 0.620. The second-order valence-corrected chi connectivity index (χ2v) is 6.69. The maximum Gasteiger partial charge on any atom is 0.308 e. The molecular weight excluding hydrogens is 313 g/mol. The predicted molar refractivity (Wildman–Crippen MR) is 84.5 cm³/mol. The summed E-state index contributed by atoms with van der Waals surface area (Å²) in [5, 5.41) is 9.15. The molecule has 1 aliphatic carbocycles. The van der Waals surface area contributed by atoms with Gasteiger partial charge in [-0.1, -0.05) is 0 Å². The van der Waals surface area contributed by atoms with Crippen LogP contribution in [-0.2, 0) is 22.7 Å². The minimum absolute atomic E-state index is 0.0288. The highest BCUT2D eigenvalue weighted by molar-refractivity contribution is 5.98. The highest BCUT2D eigenvalue weighted by Gasteiger charge is 2.33. The average molecular weight is 335 g/mol. The number of hydrogen-bond donors (Lipinski definition) is 1. The Labute approximate surface area is 140 Å². The van der Waals surface area contributed by atoms with Gasteiger partial charge in [0.25, 0.3) is 5.91 Å². The van der Waals surface area contributed by atoms with Crippen LogP contribution < -0.4 is 0 Å². The number of esters is 1. The van der Waals surface area contributed by atoms with Crippen LogP contribution in [0.1, 0.15) is 47.2 Å². The van der Waals surface area contributed by atoms with Gasteiger partial charge in [0.15, 0.2) is 0 Å². The third-order valence-electron chi connectivity index (χ3n) is 5.18. The Hall–Kier alpha value is -1.95. The molecule has 130 valence electrons. The van der Waals surface area contributed by atoms with Gasteiger partial charge < -0.3 is 14.7 Å². The normalized spacial score (nSPS) is 23.3. The largest absolute Gasteiger partial charge is 0.469 e. The summed E-state index contributed by atoms with van der Waals surface area (Å²) in [4.78, 5) is 25.8. The molecule has 5 nitrogen and oxygen atoms in total. The highest BCUT2D eigenvalue weighted by Crippen LogP contribution is 2.33. The molecular formula is C18H22FNO4. The molecule has 3 rings (SSSR count). The molecule has 1 heterocycles. The molecule has 6 heteroatoms. The SMILES string of the molecule is COC(=O)[C@H]1CC[C@H](CN2Cc3cc(F)c(CO)cc3C2=O)CC1. The zero-order valence-corrected chi connectivity index (χ0v) is 13.8. The average Bonchev–Trinajstić information content (AvgIpc) is 2.89. The van der Waals surface area contributed by atoms with Gasteiger partial charge in [0.2, 0.25) is 0 Å². The number of halogens is 1. The minimum Gasteiger partial charge on any atom is -0.469 e. The quantitative estimate of drug-likeness (QED) is 0.857. The molecule has 24 heavy (non-hydrogen) atoms. The van der Waals surface area contributed by atoms with Crippen LogP contribution in [0.25, 0.3) is 0 Å². The van der Waals surface area contributed by atoms with Gasteiger partial charge in [0.05, 0.1) is 19.6 Å². The van der Waals surface area contributed by atoms with E-state index < -0.39 is 12.4 Å². The Bertz CT molecular complexity index is 653. The number of methoxy groups -OCH3 is 1. The summed E-state index contributed by atoms with van der Waals surface area (Å²) >= 11 is 0. The van der Waals surface area contributed by atoms with E-state index in [0.29, 0.717) is 30.1 Å². The smallest absolute Gasteiger partial charge is 0.308 e. The molecule has 1 aliphatic heterocycles. The molecule has 1 saturated carbocycles. The number of carbonyl (C=O) groups is 2. The third kappa shape index (κ3) is 3.15. The zero-order valence-electron chi connectivity index (χ0n) is 13.8. The summed E-state index contributed by atoms with van der Waals surface area (Å²) in [6.07, 6.45) is 3.34. The molecule has 0 aromatic heterocycles. The standard InChI is InChI=1S/C18H22FNO4/c1-24-18(23)12-4-2-11(3-5-12)8-20-9-13-7-16(19)14(10-21)6-15(13)17(20)22/h6-7,11-12,21H,2-5,8-10H2,1H3/t11-,12-. The van der Waals surface area contributed by atoms with Crippen molar-refractivity contribution in [3.8, 4) is 0 Å². The second-order valence-electron chi connectivity index (χ2n) is 6.69. The number of nitrogens with zero attached hydrogens (tertiary/aromatic N) is 1. The second kappa shape index (κ2) is 6.89. The number of aliphatic hydroxyl groups is 1. The van der Waals surface area contributed by atoms with Gasteiger partial charge in [0.1, 0.15) is 5.82 Å². The molecule has 0 radical (unpaired) electrons. The minimum atomic E-state index is -0.468. The van der Waals surface area contributed by atoms with Crippen molar-refractivity contribution in [3.05, 3.63) is 34.6 Å². The van der Waals surface area contributed by atoms with Crippen LogP contribution in [0.2, 0.25) is 0 Å². The fourth-order valence-corrected chi connectivity index (χ4v) is 3.76. The van der Waals surface area contributed by atoms with E-state index in [9.17, 15) is 14.0 Å². The summed E-state index contributed by atoms with van der Waals surface area (Å²) in [7, 11) is 1.41. The highest BCUT2D eigenvalue weighted by atomic mass is 19.1. The molecule has 1 aromatic rings. The Morgan fingerprint density at radius 1 is 1.33 bits per heavy atom. The maximum absolute atomic E-state index is 13.8. The number of ether oxygens (including phenoxy) is 1. The van der Waals surface area contributed by atoms with Crippen molar-refractivity contribution >= 4 is 11.9 Å². The van der Waals surface area contributed by atoms with Gasteiger partial charge in [-0.3, -0.25) is 9.59 Å². The number of rotatable bonds is 4. The lowest BCUT2D eigenvalue weighted by Crippen LogP contribution is -2.33. The van der Waals surface area contributed by atoms with Crippen LogP contribution in [0, 0.1) is 17.7 Å². The molecule has 0 bridgehead atoms. The number of fused-ring (bicyclic) bond motifs is 1. The van der Waals surface area contributed by atoms with E-state index in [2.05, 4.69) is 0 Å². The summed E-state index contributed by atoms with van der Waals surface area (Å²) in [5.74, 6) is -0.394. The summed E-state index contributed by atoms with van der Waals surface area (Å²) in [6, 6.07) is 2.81. The van der Waals surface area contributed by atoms with Crippen LogP contribution in [0.4, 0.5) is 4.39 Å². The number of benzene rings is 1. The maximum atomic E-state index is 13.8. The molecule has 2 aliphatic rings. The summed E-state index contributed by atoms with van der Waals surface area (Å²) < 4.78 is 18.6. The van der Waals surface area contributed by atoms with E-state index in [1.54, 1.807) is 4.90 Å². The van der Waals surface area contributed by atoms with Crippen molar-refractivity contribution in [2.45, 2.75) is 38.8 Å². The Morgan fingerprint density at radius 2 is 2.04 bits per heavy atom. The Balaban J connectivity index is 1.62. The van der Waals surface area contributed by atoms with Gasteiger partial charge in [-0.15, -0.1) is 0 Å². The first-order valence-electron chi connectivity index (χ1n) is 8.32. The lowest BCUT2D eigenvalue weighted by Gasteiger charge is -2.30. The topological polar surface area (TPSA) is 66.8 Å². The van der Waals surface area contributed by atoms with E-state index in [1.807, 2.05) is 0 Å². The predicted octanol–water partition coefficient (Wildman–Crippen LogP) is 2.25. The van der Waals surface area contributed by atoms with E-state index in [4.69, 9.17) is 9.84 Å². The van der Waals surface area contributed by atoms with Gasteiger partial charge in [0, 0.05) is 24.2 Å². The lowest BCUT2D eigenvalue weighted by molar-refractivity contribution is -0.146. The Morgan fingerprint density at radius 3 is 2.67 bits per heavy atom. The van der Waals surface area contributed by atoms with Gasteiger partial charge in [-0.05, 0) is 49.3 Å². The van der Waals surface area contributed by atoms with Gasteiger partial charge in [-0.25, -0.2) is 4.39 Å². The Kier molecular flexibility index (Phi) is 4.85. The van der Waals surface area contributed by atoms with Gasteiger partial charge >= 0.3 is 5.97 Å². The van der Waals surface area contributed by atoms with Crippen LogP contribution in [0.5, 0.6) is 0 Å². The van der Waals surface area contributed by atoms with Crippen LogP contribution >= 0.6 is 0 Å². The zero-order chi connectivity index (χ0) is 17.3. The van der Waals surface area contributed by atoms with E-state index >= 15 is 0 Å². The molecule has 1 aromatic carbocycles. The first-order chi connectivity index (χ1) is 11.5. The number of aliphatic hydroxyl groups excluding tert-OH is 1. The van der Waals surface area contributed by atoms with Crippen molar-refractivity contribution in [2.75, 3.05) is 13.7 Å². The molecule has 1 N–H and O–H groups in total. The fraction of sp³-hybridized carbons (Fsp3) is 0.556. The molecule has 0 unspecified atom stereocenters. The molecule has 1 amide bonds. The van der Waals surface area contributed by atoms with E-state index in [1.165, 1.54) is 19.2 Å². The molecule has 1 fully saturated rings. The fourth-order valence-electron chi connectivity index (χ4n) is 3.76. The van der Waals surface area contributed by atoms with Crippen molar-refractivity contribution < 1.29 is 23.8 Å². The van der Waals surface area contributed by atoms with Crippen LogP contribution in [0.3, 0.4) is 0 Å². The van der Waals surface area contributed by atoms with Crippen molar-refractivity contribution in [2.24, 2.45) is 11.8 Å². The summed E-state index contributed by atoms with van der Waals surface area (Å²) in [5.41, 5.74) is 1.32.